The number of methoxy groups -OCH3 is 1. The van der Waals surface area contributed by atoms with Crippen LogP contribution in [0, 0.1) is 18.4 Å². The average molecular weight is 496 g/mol. The molecule has 0 heterocycles. The Balaban J connectivity index is 2.42. The maximum atomic E-state index is 13.6. The van der Waals surface area contributed by atoms with Gasteiger partial charge in [0, 0.05) is 11.7 Å². The van der Waals surface area contributed by atoms with Gasteiger partial charge in [-0.05, 0) is 68.7 Å². The van der Waals surface area contributed by atoms with Crippen LogP contribution in [0.25, 0.3) is 0 Å². The van der Waals surface area contributed by atoms with E-state index >= 15 is 0 Å². The highest BCUT2D eigenvalue weighted by Crippen LogP contribution is 2.27. The van der Waals surface area contributed by atoms with Gasteiger partial charge in [-0.3, -0.25) is 14.5 Å². The Bertz CT molecular complexity index is 1100. The SMILES string of the molecule is C#CN(C(=O)C(NC(=O)OC(C)(C)C)C(C)C)C(C(=O)Nc1ccc(OC)cc1)c1ccc(O)cc1. The summed E-state index contributed by atoms with van der Waals surface area (Å²) in [5, 5.41) is 15.1. The van der Waals surface area contributed by atoms with E-state index in [1.165, 1.54) is 31.4 Å². The quantitative estimate of drug-likeness (QED) is 0.376. The summed E-state index contributed by atoms with van der Waals surface area (Å²) in [7, 11) is 1.53. The van der Waals surface area contributed by atoms with Crippen molar-refractivity contribution in [3.63, 3.8) is 0 Å². The molecular weight excluding hydrogens is 462 g/mol. The highest BCUT2D eigenvalue weighted by molar-refractivity contribution is 5.99. The molecule has 0 spiro atoms. The Labute approximate surface area is 211 Å². The van der Waals surface area contributed by atoms with E-state index in [-0.39, 0.29) is 11.7 Å². The largest absolute Gasteiger partial charge is 0.508 e. The number of anilines is 1. The van der Waals surface area contributed by atoms with E-state index in [2.05, 4.69) is 16.7 Å². The van der Waals surface area contributed by atoms with Gasteiger partial charge in [-0.15, -0.1) is 0 Å². The smallest absolute Gasteiger partial charge is 0.408 e. The fourth-order valence-electron chi connectivity index (χ4n) is 3.32. The topological polar surface area (TPSA) is 117 Å². The molecule has 2 atom stereocenters. The number of phenols is 1. The summed E-state index contributed by atoms with van der Waals surface area (Å²) in [6.07, 6.45) is 4.96. The summed E-state index contributed by atoms with van der Waals surface area (Å²) in [6, 6.07) is 12.4. The van der Waals surface area contributed by atoms with Crippen molar-refractivity contribution in [1.82, 2.24) is 10.2 Å². The summed E-state index contributed by atoms with van der Waals surface area (Å²) in [4.78, 5) is 40.4. The lowest BCUT2D eigenvalue weighted by Gasteiger charge is -2.31. The number of ether oxygens (including phenoxy) is 2. The minimum atomic E-state index is -1.26. The van der Waals surface area contributed by atoms with Crippen LogP contribution in [0.15, 0.2) is 48.5 Å². The highest BCUT2D eigenvalue weighted by atomic mass is 16.6. The van der Waals surface area contributed by atoms with Crippen LogP contribution < -0.4 is 15.4 Å². The van der Waals surface area contributed by atoms with Gasteiger partial charge in [0.05, 0.1) is 7.11 Å². The van der Waals surface area contributed by atoms with Crippen molar-refractivity contribution in [3.8, 4) is 24.0 Å². The minimum Gasteiger partial charge on any atom is -0.508 e. The van der Waals surface area contributed by atoms with Gasteiger partial charge in [0.25, 0.3) is 11.8 Å². The van der Waals surface area contributed by atoms with Crippen molar-refractivity contribution in [2.75, 3.05) is 12.4 Å². The van der Waals surface area contributed by atoms with Crippen molar-refractivity contribution in [1.29, 1.82) is 0 Å². The normalized spacial score (nSPS) is 12.6. The number of carbonyl (C=O) groups excluding carboxylic acids is 3. The van der Waals surface area contributed by atoms with Gasteiger partial charge in [-0.2, -0.15) is 0 Å². The maximum absolute atomic E-state index is 13.6. The first-order valence-corrected chi connectivity index (χ1v) is 11.4. The number of alkyl carbamates (subject to hydrolysis) is 1. The van der Waals surface area contributed by atoms with E-state index < -0.39 is 35.6 Å². The van der Waals surface area contributed by atoms with Gasteiger partial charge in [0.15, 0.2) is 0 Å². The number of nitrogens with one attached hydrogen (secondary N) is 2. The molecule has 0 bridgehead atoms. The number of aromatic hydroxyl groups is 1. The molecule has 36 heavy (non-hydrogen) atoms. The molecule has 2 rings (SSSR count). The predicted octanol–water partition coefficient (Wildman–Crippen LogP) is 4.05. The molecule has 2 unspecified atom stereocenters. The molecule has 0 saturated heterocycles. The van der Waals surface area contributed by atoms with E-state index in [1.54, 1.807) is 58.9 Å². The molecule has 0 aromatic heterocycles. The molecule has 3 N–H and O–H groups in total. The zero-order valence-corrected chi connectivity index (χ0v) is 21.4. The predicted molar refractivity (Wildman–Crippen MR) is 136 cm³/mol. The first-order valence-electron chi connectivity index (χ1n) is 11.4. The van der Waals surface area contributed by atoms with Crippen molar-refractivity contribution in [2.45, 2.75) is 52.3 Å². The molecule has 0 saturated carbocycles. The van der Waals surface area contributed by atoms with E-state index in [0.717, 1.165) is 4.90 Å². The van der Waals surface area contributed by atoms with Crippen molar-refractivity contribution >= 4 is 23.6 Å². The molecule has 3 amide bonds. The van der Waals surface area contributed by atoms with E-state index in [1.807, 2.05) is 0 Å². The number of terminal acetylenes is 1. The second-order valence-corrected chi connectivity index (χ2v) is 9.42. The van der Waals surface area contributed by atoms with Gasteiger partial charge in [0.1, 0.15) is 29.2 Å². The highest BCUT2D eigenvalue weighted by Gasteiger charge is 2.37. The lowest BCUT2D eigenvalue weighted by molar-refractivity contribution is -0.137. The Morgan fingerprint density at radius 3 is 2.08 bits per heavy atom. The molecule has 0 aliphatic carbocycles. The Morgan fingerprint density at radius 1 is 1.03 bits per heavy atom. The monoisotopic (exact) mass is 495 g/mol. The van der Waals surface area contributed by atoms with Gasteiger partial charge in [0.2, 0.25) is 0 Å². The maximum Gasteiger partial charge on any atom is 0.408 e. The second kappa shape index (κ2) is 12.0. The Kier molecular flexibility index (Phi) is 9.33. The first kappa shape index (κ1) is 28.1. The van der Waals surface area contributed by atoms with Crippen LogP contribution in [0.2, 0.25) is 0 Å². The first-order chi connectivity index (χ1) is 16.9. The molecular formula is C27H33N3O6. The number of carbonyl (C=O) groups is 3. The number of hydrogen-bond donors (Lipinski definition) is 3. The van der Waals surface area contributed by atoms with E-state index in [4.69, 9.17) is 15.9 Å². The van der Waals surface area contributed by atoms with Gasteiger partial charge in [-0.1, -0.05) is 32.4 Å². The van der Waals surface area contributed by atoms with Crippen LogP contribution in [-0.2, 0) is 14.3 Å². The Hall–Kier alpha value is -4.19. The molecule has 2 aromatic carbocycles. The van der Waals surface area contributed by atoms with Crippen LogP contribution >= 0.6 is 0 Å². The van der Waals surface area contributed by atoms with Gasteiger partial charge in [-0.25, -0.2) is 4.79 Å². The van der Waals surface area contributed by atoms with Crippen molar-refractivity contribution in [3.05, 3.63) is 54.1 Å². The third-order valence-corrected chi connectivity index (χ3v) is 5.05. The lowest BCUT2D eigenvalue weighted by atomic mass is 9.99. The third-order valence-electron chi connectivity index (χ3n) is 5.05. The fourth-order valence-corrected chi connectivity index (χ4v) is 3.32. The summed E-state index contributed by atoms with van der Waals surface area (Å²) < 4.78 is 10.4. The molecule has 0 aliphatic rings. The molecule has 0 fully saturated rings. The molecule has 0 radical (unpaired) electrons. The average Bonchev–Trinajstić information content (AvgIpc) is 2.80. The van der Waals surface area contributed by atoms with Crippen LogP contribution in [0.1, 0.15) is 46.2 Å². The molecule has 9 heteroatoms. The van der Waals surface area contributed by atoms with Crippen LogP contribution in [0.5, 0.6) is 11.5 Å². The number of benzene rings is 2. The van der Waals surface area contributed by atoms with Crippen molar-refractivity contribution < 1.29 is 29.0 Å². The zero-order valence-electron chi connectivity index (χ0n) is 21.4. The second-order valence-electron chi connectivity index (χ2n) is 9.42. The number of nitrogens with zero attached hydrogens (tertiary/aromatic N) is 1. The summed E-state index contributed by atoms with van der Waals surface area (Å²) >= 11 is 0. The number of amides is 3. The minimum absolute atomic E-state index is 0.0155. The Morgan fingerprint density at radius 2 is 1.61 bits per heavy atom. The van der Waals surface area contributed by atoms with Gasteiger partial charge >= 0.3 is 6.09 Å². The number of hydrogen-bond acceptors (Lipinski definition) is 6. The molecule has 9 nitrogen and oxygen atoms in total. The van der Waals surface area contributed by atoms with Gasteiger partial charge < -0.3 is 25.2 Å². The van der Waals surface area contributed by atoms with Crippen molar-refractivity contribution in [2.24, 2.45) is 5.92 Å². The van der Waals surface area contributed by atoms with E-state index in [0.29, 0.717) is 17.0 Å². The number of phenolic OH excluding ortho intramolecular Hbond substituents is 1. The number of rotatable bonds is 8. The fraction of sp³-hybridized carbons (Fsp3) is 0.370. The van der Waals surface area contributed by atoms with E-state index in [9.17, 15) is 19.5 Å². The standard InChI is InChI=1S/C27H33N3O6/c1-8-30(25(33)22(17(2)3)29-26(34)36-27(4,5)6)23(18-9-13-20(31)14-10-18)24(32)28-19-11-15-21(35-7)16-12-19/h1,9-17,22-23,31H,2-7H3,(H,28,32)(H,29,34). The third kappa shape index (κ3) is 7.67. The van der Waals surface area contributed by atoms with Crippen LogP contribution in [0.4, 0.5) is 10.5 Å². The lowest BCUT2D eigenvalue weighted by Crippen LogP contribution is -2.53. The molecule has 192 valence electrons. The van der Waals surface area contributed by atoms with Crippen LogP contribution in [0.3, 0.4) is 0 Å². The summed E-state index contributed by atoms with van der Waals surface area (Å²) in [5.74, 6) is -1.03. The summed E-state index contributed by atoms with van der Waals surface area (Å²) in [6.45, 7) is 8.59. The van der Waals surface area contributed by atoms with Crippen LogP contribution in [-0.4, -0.2) is 46.7 Å². The zero-order chi connectivity index (χ0) is 27.0. The summed E-state index contributed by atoms with van der Waals surface area (Å²) in [5.41, 5.74) is 0.0546. The molecule has 2 aromatic rings. The molecule has 0 aliphatic heterocycles.